The van der Waals surface area contributed by atoms with Crippen LogP contribution in [0.5, 0.6) is 0 Å². The van der Waals surface area contributed by atoms with Crippen LogP contribution in [-0.4, -0.2) is 33.3 Å². The first-order chi connectivity index (χ1) is 17.1. The number of sulfonamides is 1. The molecule has 0 bridgehead atoms. The maximum atomic E-state index is 13.6. The summed E-state index contributed by atoms with van der Waals surface area (Å²) in [5.74, 6) is -0.594. The minimum absolute atomic E-state index is 0.0916. The average molecular weight is 508 g/mol. The molecule has 0 radical (unpaired) electrons. The lowest BCUT2D eigenvalue weighted by Crippen LogP contribution is -2.38. The van der Waals surface area contributed by atoms with Gasteiger partial charge in [-0.1, -0.05) is 62.7 Å². The van der Waals surface area contributed by atoms with Crippen molar-refractivity contribution in [2.45, 2.75) is 39.0 Å². The number of carbonyl (C=O) groups excluding carboxylic acids is 2. The Kier molecular flexibility index (Phi) is 8.88. The average Bonchev–Trinajstić information content (AvgIpc) is 2.86. The normalized spacial score (nSPS) is 11.2. The third-order valence-corrected chi connectivity index (χ3v) is 7.43. The summed E-state index contributed by atoms with van der Waals surface area (Å²) in [5.41, 5.74) is 2.99. The standard InChI is InChI=1S/C28H33N3O4S/c1-5-22-12-14-23(15-13-22)31(36(34,35)24-16-10-21(4)11-17-24)19-27(32)30-26-9-7-6-8-25(26)28(33)29-18-20(2)3/h6-17,20H,5,18-19H2,1-4H3,(H,29,33)(H,30,32). The van der Waals surface area contributed by atoms with E-state index in [1.807, 2.05) is 39.8 Å². The number of benzene rings is 3. The van der Waals surface area contributed by atoms with Gasteiger partial charge in [-0.05, 0) is 61.2 Å². The second kappa shape index (κ2) is 11.9. The van der Waals surface area contributed by atoms with Crippen molar-refractivity contribution < 1.29 is 18.0 Å². The number of hydrogen-bond donors (Lipinski definition) is 2. The Hall–Kier alpha value is -3.65. The van der Waals surface area contributed by atoms with E-state index in [1.54, 1.807) is 48.5 Å². The Balaban J connectivity index is 1.90. The smallest absolute Gasteiger partial charge is 0.264 e. The van der Waals surface area contributed by atoms with Gasteiger partial charge in [0.05, 0.1) is 21.8 Å². The molecule has 2 N–H and O–H groups in total. The summed E-state index contributed by atoms with van der Waals surface area (Å²) in [4.78, 5) is 25.9. The van der Waals surface area contributed by atoms with Gasteiger partial charge in [-0.25, -0.2) is 8.42 Å². The number of amides is 2. The van der Waals surface area contributed by atoms with Crippen LogP contribution in [0.25, 0.3) is 0 Å². The highest BCUT2D eigenvalue weighted by Gasteiger charge is 2.27. The molecule has 0 saturated carbocycles. The number of carbonyl (C=O) groups is 2. The van der Waals surface area contributed by atoms with Crippen molar-refractivity contribution >= 4 is 33.2 Å². The number of para-hydroxylation sites is 1. The second-order valence-corrected chi connectivity index (χ2v) is 10.9. The summed E-state index contributed by atoms with van der Waals surface area (Å²) < 4.78 is 28.3. The molecular formula is C28H33N3O4S. The minimum atomic E-state index is -4.03. The lowest BCUT2D eigenvalue weighted by molar-refractivity contribution is -0.114. The van der Waals surface area contributed by atoms with E-state index >= 15 is 0 Å². The van der Waals surface area contributed by atoms with E-state index in [9.17, 15) is 18.0 Å². The van der Waals surface area contributed by atoms with E-state index in [4.69, 9.17) is 0 Å². The van der Waals surface area contributed by atoms with Gasteiger partial charge < -0.3 is 10.6 Å². The summed E-state index contributed by atoms with van der Waals surface area (Å²) in [7, 11) is -4.03. The minimum Gasteiger partial charge on any atom is -0.352 e. The molecule has 190 valence electrons. The molecular weight excluding hydrogens is 474 g/mol. The predicted molar refractivity (Wildman–Crippen MR) is 144 cm³/mol. The maximum absolute atomic E-state index is 13.6. The second-order valence-electron chi connectivity index (χ2n) is 9.04. The van der Waals surface area contributed by atoms with Crippen LogP contribution in [0.15, 0.2) is 77.7 Å². The summed E-state index contributed by atoms with van der Waals surface area (Å²) in [6.07, 6.45) is 0.807. The molecule has 7 nitrogen and oxygen atoms in total. The lowest BCUT2D eigenvalue weighted by atomic mass is 10.1. The fourth-order valence-electron chi connectivity index (χ4n) is 3.55. The molecule has 0 aliphatic rings. The number of anilines is 2. The highest BCUT2D eigenvalue weighted by atomic mass is 32.2. The van der Waals surface area contributed by atoms with E-state index < -0.39 is 22.5 Å². The first-order valence-electron chi connectivity index (χ1n) is 12.0. The number of rotatable bonds is 10. The molecule has 8 heteroatoms. The highest BCUT2D eigenvalue weighted by molar-refractivity contribution is 7.92. The molecule has 3 aromatic rings. The fraction of sp³-hybridized carbons (Fsp3) is 0.286. The number of nitrogens with zero attached hydrogens (tertiary/aromatic N) is 1. The molecule has 0 heterocycles. The predicted octanol–water partition coefficient (Wildman–Crippen LogP) is 4.78. The van der Waals surface area contributed by atoms with E-state index in [-0.39, 0.29) is 16.7 Å². The van der Waals surface area contributed by atoms with E-state index in [0.717, 1.165) is 21.9 Å². The van der Waals surface area contributed by atoms with Gasteiger partial charge in [-0.3, -0.25) is 13.9 Å². The summed E-state index contributed by atoms with van der Waals surface area (Å²) in [6, 6.07) is 20.3. The molecule has 0 spiro atoms. The van der Waals surface area contributed by atoms with Gasteiger partial charge in [0.25, 0.3) is 15.9 Å². The maximum Gasteiger partial charge on any atom is 0.264 e. The molecule has 0 atom stereocenters. The van der Waals surface area contributed by atoms with E-state index in [0.29, 0.717) is 23.5 Å². The van der Waals surface area contributed by atoms with Crippen molar-refractivity contribution in [2.75, 3.05) is 22.7 Å². The molecule has 3 rings (SSSR count). The van der Waals surface area contributed by atoms with Crippen LogP contribution >= 0.6 is 0 Å². The quantitative estimate of drug-likeness (QED) is 0.413. The number of nitrogens with one attached hydrogen (secondary N) is 2. The fourth-order valence-corrected chi connectivity index (χ4v) is 4.97. The van der Waals surface area contributed by atoms with Gasteiger partial charge in [-0.15, -0.1) is 0 Å². The van der Waals surface area contributed by atoms with Gasteiger partial charge in [0, 0.05) is 6.54 Å². The summed E-state index contributed by atoms with van der Waals surface area (Å²) >= 11 is 0. The zero-order valence-electron chi connectivity index (χ0n) is 21.1. The van der Waals surface area contributed by atoms with Gasteiger partial charge in [0.2, 0.25) is 5.91 Å². The third kappa shape index (κ3) is 6.73. The van der Waals surface area contributed by atoms with Crippen molar-refractivity contribution in [2.24, 2.45) is 5.92 Å². The number of aryl methyl sites for hydroxylation is 2. The van der Waals surface area contributed by atoms with Crippen LogP contribution in [0.3, 0.4) is 0 Å². The zero-order chi connectivity index (χ0) is 26.3. The third-order valence-electron chi connectivity index (χ3n) is 5.65. The van der Waals surface area contributed by atoms with E-state index in [1.165, 1.54) is 12.1 Å². The molecule has 0 aliphatic carbocycles. The van der Waals surface area contributed by atoms with E-state index in [2.05, 4.69) is 10.6 Å². The first-order valence-corrected chi connectivity index (χ1v) is 13.4. The molecule has 0 fully saturated rings. The van der Waals surface area contributed by atoms with Crippen LogP contribution in [0, 0.1) is 12.8 Å². The molecule has 0 saturated heterocycles. The van der Waals surface area contributed by atoms with Crippen LogP contribution in [0.4, 0.5) is 11.4 Å². The van der Waals surface area contributed by atoms with Crippen LogP contribution in [-0.2, 0) is 21.2 Å². The Morgan fingerprint density at radius 3 is 2.17 bits per heavy atom. The monoisotopic (exact) mass is 507 g/mol. The molecule has 36 heavy (non-hydrogen) atoms. The summed E-state index contributed by atoms with van der Waals surface area (Å²) in [6.45, 7) is 7.91. The SMILES string of the molecule is CCc1ccc(N(CC(=O)Nc2ccccc2C(=O)NCC(C)C)S(=O)(=O)c2ccc(C)cc2)cc1. The first kappa shape index (κ1) is 26.9. The van der Waals surface area contributed by atoms with Gasteiger partial charge >= 0.3 is 0 Å². The highest BCUT2D eigenvalue weighted by Crippen LogP contribution is 2.25. The van der Waals surface area contributed by atoms with Gasteiger partial charge in [0.15, 0.2) is 0 Å². The van der Waals surface area contributed by atoms with Crippen LogP contribution in [0.1, 0.15) is 42.3 Å². The lowest BCUT2D eigenvalue weighted by Gasteiger charge is -2.24. The topological polar surface area (TPSA) is 95.6 Å². The van der Waals surface area contributed by atoms with Crippen LogP contribution in [0.2, 0.25) is 0 Å². The molecule has 0 aromatic heterocycles. The Morgan fingerprint density at radius 1 is 0.917 bits per heavy atom. The number of hydrogen-bond acceptors (Lipinski definition) is 4. The molecule has 0 unspecified atom stereocenters. The molecule has 2 amide bonds. The van der Waals surface area contributed by atoms with Crippen LogP contribution < -0.4 is 14.9 Å². The summed E-state index contributed by atoms with van der Waals surface area (Å²) in [5, 5.41) is 5.57. The largest absolute Gasteiger partial charge is 0.352 e. The van der Waals surface area contributed by atoms with Crippen molar-refractivity contribution in [3.05, 3.63) is 89.5 Å². The Labute approximate surface area is 213 Å². The Bertz CT molecular complexity index is 1300. The molecule has 3 aromatic carbocycles. The van der Waals surface area contributed by atoms with Crippen molar-refractivity contribution in [3.8, 4) is 0 Å². The molecule has 0 aliphatic heterocycles. The zero-order valence-corrected chi connectivity index (χ0v) is 21.9. The van der Waals surface area contributed by atoms with Crippen molar-refractivity contribution in [3.63, 3.8) is 0 Å². The van der Waals surface area contributed by atoms with Crippen molar-refractivity contribution in [1.29, 1.82) is 0 Å². The van der Waals surface area contributed by atoms with Gasteiger partial charge in [-0.2, -0.15) is 0 Å². The van der Waals surface area contributed by atoms with Gasteiger partial charge in [0.1, 0.15) is 6.54 Å². The van der Waals surface area contributed by atoms with Crippen molar-refractivity contribution in [1.82, 2.24) is 5.32 Å². The Morgan fingerprint density at radius 2 is 1.56 bits per heavy atom.